The van der Waals surface area contributed by atoms with Crippen LogP contribution in [0.3, 0.4) is 0 Å². The number of carbonyl (C=O) groups excluding carboxylic acids is 1. The van der Waals surface area contributed by atoms with Gasteiger partial charge in [-0.3, -0.25) is 9.52 Å². The zero-order chi connectivity index (χ0) is 16.9. The first-order valence-electron chi connectivity index (χ1n) is 7.56. The van der Waals surface area contributed by atoms with Crippen LogP contribution in [-0.2, 0) is 20.6 Å². The van der Waals surface area contributed by atoms with Gasteiger partial charge in [-0.15, -0.1) is 0 Å². The van der Waals surface area contributed by atoms with Crippen LogP contribution >= 0.6 is 0 Å². The molecule has 0 bridgehead atoms. The van der Waals surface area contributed by atoms with E-state index in [0.717, 1.165) is 11.1 Å². The Hall–Kier alpha value is -2.14. The van der Waals surface area contributed by atoms with E-state index in [0.29, 0.717) is 12.0 Å². The Labute approximate surface area is 137 Å². The largest absolute Gasteiger partial charge is 0.273 e. The van der Waals surface area contributed by atoms with Crippen LogP contribution < -0.4 is 4.72 Å². The van der Waals surface area contributed by atoms with E-state index in [9.17, 15) is 13.2 Å². The van der Waals surface area contributed by atoms with Gasteiger partial charge in [0.05, 0.1) is 11.7 Å². The van der Waals surface area contributed by atoms with Crippen LogP contribution in [0.25, 0.3) is 0 Å². The van der Waals surface area contributed by atoms with Crippen molar-refractivity contribution in [3.8, 4) is 0 Å². The number of amides is 1. The third kappa shape index (κ3) is 4.93. The van der Waals surface area contributed by atoms with Crippen molar-refractivity contribution in [2.45, 2.75) is 31.9 Å². The van der Waals surface area contributed by atoms with Gasteiger partial charge >= 0.3 is 0 Å². The molecule has 1 N–H and O–H groups in total. The maximum absolute atomic E-state index is 12.3. The zero-order valence-corrected chi connectivity index (χ0v) is 14.1. The van der Waals surface area contributed by atoms with Crippen LogP contribution in [0.4, 0.5) is 0 Å². The van der Waals surface area contributed by atoms with Crippen molar-refractivity contribution in [2.24, 2.45) is 0 Å². The first-order valence-corrected chi connectivity index (χ1v) is 9.21. The molecule has 23 heavy (non-hydrogen) atoms. The molecular formula is C18H21NO3S. The van der Waals surface area contributed by atoms with E-state index in [2.05, 4.69) is 4.72 Å². The smallest absolute Gasteiger partial charge is 0.240 e. The van der Waals surface area contributed by atoms with Crippen LogP contribution in [0, 0.1) is 6.92 Å². The van der Waals surface area contributed by atoms with Gasteiger partial charge in [0, 0.05) is 0 Å². The second-order valence-electron chi connectivity index (χ2n) is 5.58. The summed E-state index contributed by atoms with van der Waals surface area (Å²) in [6, 6.07) is 16.4. The Bertz CT molecular complexity index is 753. The molecule has 1 atom stereocenters. The average molecular weight is 331 g/mol. The highest BCUT2D eigenvalue weighted by atomic mass is 32.2. The van der Waals surface area contributed by atoms with Gasteiger partial charge in [0.25, 0.3) is 0 Å². The SMILES string of the molecule is CCC(C(=O)NS(=O)(=O)Cc1ccc(C)cc1)c1ccccc1. The predicted molar refractivity (Wildman–Crippen MR) is 91.4 cm³/mol. The normalized spacial score (nSPS) is 12.6. The molecule has 0 spiro atoms. The minimum atomic E-state index is -3.71. The molecule has 0 aliphatic carbocycles. The molecule has 0 fully saturated rings. The van der Waals surface area contributed by atoms with Gasteiger partial charge in [0.15, 0.2) is 0 Å². The highest BCUT2D eigenvalue weighted by Crippen LogP contribution is 2.20. The number of benzene rings is 2. The van der Waals surface area contributed by atoms with Crippen molar-refractivity contribution in [1.29, 1.82) is 0 Å². The molecule has 0 saturated heterocycles. The van der Waals surface area contributed by atoms with E-state index in [1.165, 1.54) is 0 Å². The topological polar surface area (TPSA) is 63.2 Å². The van der Waals surface area contributed by atoms with Crippen molar-refractivity contribution in [2.75, 3.05) is 0 Å². The first-order chi connectivity index (χ1) is 10.9. The maximum atomic E-state index is 12.3. The lowest BCUT2D eigenvalue weighted by atomic mass is 9.96. The molecule has 4 nitrogen and oxygen atoms in total. The number of sulfonamides is 1. The number of aryl methyl sites for hydroxylation is 1. The van der Waals surface area contributed by atoms with Gasteiger partial charge < -0.3 is 0 Å². The predicted octanol–water partition coefficient (Wildman–Crippen LogP) is 3.13. The van der Waals surface area contributed by atoms with E-state index < -0.39 is 21.8 Å². The molecule has 5 heteroatoms. The summed E-state index contributed by atoms with van der Waals surface area (Å²) in [6.45, 7) is 3.80. The second kappa shape index (κ2) is 7.42. The average Bonchev–Trinajstić information content (AvgIpc) is 2.50. The van der Waals surface area contributed by atoms with Crippen molar-refractivity contribution in [3.05, 3.63) is 71.3 Å². The monoisotopic (exact) mass is 331 g/mol. The van der Waals surface area contributed by atoms with Crippen LogP contribution in [0.2, 0.25) is 0 Å². The second-order valence-corrected chi connectivity index (χ2v) is 7.30. The van der Waals surface area contributed by atoms with Crippen molar-refractivity contribution < 1.29 is 13.2 Å². The fourth-order valence-corrected chi connectivity index (χ4v) is 3.57. The molecule has 0 heterocycles. The molecule has 0 saturated carbocycles. The molecule has 0 radical (unpaired) electrons. The Kier molecular flexibility index (Phi) is 5.55. The fraction of sp³-hybridized carbons (Fsp3) is 0.278. The molecule has 2 aromatic rings. The molecule has 2 rings (SSSR count). The summed E-state index contributed by atoms with van der Waals surface area (Å²) in [7, 11) is -3.71. The number of hydrogen-bond acceptors (Lipinski definition) is 3. The van der Waals surface area contributed by atoms with E-state index in [4.69, 9.17) is 0 Å². The molecule has 1 amide bonds. The Morgan fingerprint density at radius 1 is 1.04 bits per heavy atom. The van der Waals surface area contributed by atoms with Crippen molar-refractivity contribution in [1.82, 2.24) is 4.72 Å². The van der Waals surface area contributed by atoms with Crippen LogP contribution in [0.15, 0.2) is 54.6 Å². The zero-order valence-electron chi connectivity index (χ0n) is 13.3. The Balaban J connectivity index is 2.09. The standard InChI is InChI=1S/C18H21NO3S/c1-3-17(16-7-5-4-6-8-16)18(20)19-23(21,22)13-15-11-9-14(2)10-12-15/h4-12,17H,3,13H2,1-2H3,(H,19,20). The lowest BCUT2D eigenvalue weighted by Gasteiger charge is -2.15. The van der Waals surface area contributed by atoms with Gasteiger partial charge in [0.2, 0.25) is 15.9 Å². The van der Waals surface area contributed by atoms with Gasteiger partial charge in [-0.2, -0.15) is 0 Å². The van der Waals surface area contributed by atoms with Crippen LogP contribution in [0.5, 0.6) is 0 Å². The van der Waals surface area contributed by atoms with Gasteiger partial charge in [-0.05, 0) is 24.5 Å². The Morgan fingerprint density at radius 3 is 2.22 bits per heavy atom. The highest BCUT2D eigenvalue weighted by molar-refractivity contribution is 7.89. The number of nitrogens with one attached hydrogen (secondary N) is 1. The van der Waals surface area contributed by atoms with E-state index >= 15 is 0 Å². The molecule has 0 aromatic heterocycles. The summed E-state index contributed by atoms with van der Waals surface area (Å²) in [5, 5.41) is 0. The van der Waals surface area contributed by atoms with Gasteiger partial charge in [0.1, 0.15) is 0 Å². The summed E-state index contributed by atoms with van der Waals surface area (Å²) in [5.41, 5.74) is 2.53. The van der Waals surface area contributed by atoms with E-state index in [-0.39, 0.29) is 5.75 Å². The third-order valence-corrected chi connectivity index (χ3v) is 4.89. The minimum Gasteiger partial charge on any atom is -0.273 e. The molecule has 1 unspecified atom stereocenters. The lowest BCUT2D eigenvalue weighted by molar-refractivity contribution is -0.120. The number of rotatable bonds is 6. The van der Waals surface area contributed by atoms with Crippen LogP contribution in [-0.4, -0.2) is 14.3 Å². The number of carbonyl (C=O) groups is 1. The fourth-order valence-electron chi connectivity index (χ4n) is 2.42. The van der Waals surface area contributed by atoms with Crippen molar-refractivity contribution >= 4 is 15.9 Å². The molecule has 2 aromatic carbocycles. The van der Waals surface area contributed by atoms with Crippen LogP contribution in [0.1, 0.15) is 36.0 Å². The third-order valence-electron chi connectivity index (χ3n) is 3.66. The maximum Gasteiger partial charge on any atom is 0.240 e. The summed E-state index contributed by atoms with van der Waals surface area (Å²) >= 11 is 0. The lowest BCUT2D eigenvalue weighted by Crippen LogP contribution is -2.35. The molecule has 0 aliphatic heterocycles. The summed E-state index contributed by atoms with van der Waals surface area (Å²) in [4.78, 5) is 12.3. The van der Waals surface area contributed by atoms with Gasteiger partial charge in [-0.1, -0.05) is 67.1 Å². The Morgan fingerprint density at radius 2 is 1.65 bits per heavy atom. The highest BCUT2D eigenvalue weighted by Gasteiger charge is 2.23. The van der Waals surface area contributed by atoms with E-state index in [1.54, 1.807) is 12.1 Å². The number of hydrogen-bond donors (Lipinski definition) is 1. The quantitative estimate of drug-likeness (QED) is 0.884. The summed E-state index contributed by atoms with van der Waals surface area (Å²) < 4.78 is 26.6. The minimum absolute atomic E-state index is 0.204. The summed E-state index contributed by atoms with van der Waals surface area (Å²) in [6.07, 6.45) is 0.538. The molecular weight excluding hydrogens is 310 g/mol. The molecule has 0 aliphatic rings. The first kappa shape index (κ1) is 17.2. The van der Waals surface area contributed by atoms with Gasteiger partial charge in [-0.25, -0.2) is 8.42 Å². The van der Waals surface area contributed by atoms with E-state index in [1.807, 2.05) is 56.3 Å². The molecule has 122 valence electrons. The summed E-state index contributed by atoms with van der Waals surface area (Å²) in [5.74, 6) is -1.15. The van der Waals surface area contributed by atoms with Crippen molar-refractivity contribution in [3.63, 3.8) is 0 Å².